The largest absolute Gasteiger partial charge is 0.465 e. The maximum absolute atomic E-state index is 13.9. The lowest BCUT2D eigenvalue weighted by Crippen LogP contribution is -2.49. The number of esters is 1. The Hall–Kier alpha value is -2.30. The number of aryl methyl sites for hydroxylation is 1. The van der Waals surface area contributed by atoms with E-state index in [-0.39, 0.29) is 29.9 Å². The van der Waals surface area contributed by atoms with Gasteiger partial charge < -0.3 is 14.2 Å². The number of nitrogens with zero attached hydrogens (tertiary/aromatic N) is 1. The van der Waals surface area contributed by atoms with E-state index in [0.717, 1.165) is 57.6 Å². The molecule has 2 aliphatic rings. The lowest BCUT2D eigenvalue weighted by atomic mass is 9.82. The van der Waals surface area contributed by atoms with Gasteiger partial charge >= 0.3 is 5.97 Å². The third-order valence-corrected chi connectivity index (χ3v) is 17.1. The van der Waals surface area contributed by atoms with Crippen LogP contribution in [0.15, 0.2) is 47.4 Å². The lowest BCUT2D eigenvalue weighted by Gasteiger charge is -2.34. The Bertz CT molecular complexity index is 1420. The molecule has 0 saturated carbocycles. The Balaban J connectivity index is 1.93. The van der Waals surface area contributed by atoms with Crippen LogP contribution in [0.3, 0.4) is 0 Å². The molecule has 0 aromatic heterocycles. The zero-order valence-corrected chi connectivity index (χ0v) is 28.2. The number of benzene rings is 2. The summed E-state index contributed by atoms with van der Waals surface area (Å²) in [5.41, 5.74) is 5.30. The first kappa shape index (κ1) is 32.6. The van der Waals surface area contributed by atoms with Crippen LogP contribution in [0.5, 0.6) is 0 Å². The van der Waals surface area contributed by atoms with Gasteiger partial charge in [0.15, 0.2) is 5.79 Å². The highest BCUT2D eigenvalue weighted by Crippen LogP contribution is 2.42. The van der Waals surface area contributed by atoms with Gasteiger partial charge in [0.2, 0.25) is 10.0 Å². The van der Waals surface area contributed by atoms with E-state index in [1.54, 1.807) is 12.1 Å². The molecule has 2 aromatic rings. The molecule has 230 valence electrons. The third-order valence-electron chi connectivity index (χ3n) is 9.66. The summed E-state index contributed by atoms with van der Waals surface area (Å²) < 4.78 is 46.6. The van der Waals surface area contributed by atoms with Crippen molar-refractivity contribution in [3.63, 3.8) is 0 Å². The normalized spacial score (nSPS) is 17.7. The number of carbonyl (C=O) groups excluding carboxylic acids is 1. The average Bonchev–Trinajstić information content (AvgIpc) is 3.62. The number of ether oxygens (including phenoxy) is 3. The highest BCUT2D eigenvalue weighted by Gasteiger charge is 2.42. The SMILES string of the molecule is C=C(C)C(CCC1(C)OCCO1)c1cc([Si](CC)(CC)CC)c(C(=O)OC)c2c1CN(S(=O)(=O)c1ccc(C)cc1)C2. The molecule has 4 rings (SSSR count). The van der Waals surface area contributed by atoms with Crippen LogP contribution in [0.1, 0.15) is 86.0 Å². The summed E-state index contributed by atoms with van der Waals surface area (Å²) in [6, 6.07) is 12.1. The molecule has 1 atom stereocenters. The van der Waals surface area contributed by atoms with E-state index < -0.39 is 23.9 Å². The van der Waals surface area contributed by atoms with Crippen LogP contribution >= 0.6 is 0 Å². The van der Waals surface area contributed by atoms with Crippen molar-refractivity contribution in [1.82, 2.24) is 4.31 Å². The van der Waals surface area contributed by atoms with Crippen molar-refractivity contribution in [3.8, 4) is 0 Å². The van der Waals surface area contributed by atoms with Crippen molar-refractivity contribution in [2.75, 3.05) is 20.3 Å². The number of rotatable bonds is 12. The molecule has 0 N–H and O–H groups in total. The molecule has 2 aliphatic heterocycles. The van der Waals surface area contributed by atoms with Gasteiger partial charge in [0.25, 0.3) is 0 Å². The minimum absolute atomic E-state index is 0.0480. The first-order chi connectivity index (χ1) is 19.9. The monoisotopic (exact) mass is 613 g/mol. The van der Waals surface area contributed by atoms with E-state index in [0.29, 0.717) is 25.2 Å². The summed E-state index contributed by atoms with van der Waals surface area (Å²) in [5, 5.41) is 1.08. The van der Waals surface area contributed by atoms with Gasteiger partial charge in [-0.3, -0.25) is 0 Å². The Morgan fingerprint density at radius 3 is 2.17 bits per heavy atom. The van der Waals surface area contributed by atoms with Crippen molar-refractivity contribution < 1.29 is 27.4 Å². The quantitative estimate of drug-likeness (QED) is 0.156. The molecule has 0 radical (unpaired) electrons. The smallest absolute Gasteiger partial charge is 0.338 e. The van der Waals surface area contributed by atoms with Gasteiger partial charge in [0.1, 0.15) is 0 Å². The summed E-state index contributed by atoms with van der Waals surface area (Å²) in [7, 11) is -4.52. The Morgan fingerprint density at radius 1 is 1.07 bits per heavy atom. The van der Waals surface area contributed by atoms with Gasteiger partial charge in [0.05, 0.1) is 38.9 Å². The van der Waals surface area contributed by atoms with Gasteiger partial charge in [-0.15, -0.1) is 0 Å². The van der Waals surface area contributed by atoms with Gasteiger partial charge in [-0.25, -0.2) is 13.2 Å². The summed E-state index contributed by atoms with van der Waals surface area (Å²) in [4.78, 5) is 13.8. The van der Waals surface area contributed by atoms with Crippen LogP contribution in [0.2, 0.25) is 18.1 Å². The molecule has 2 aromatic carbocycles. The minimum atomic E-state index is -3.81. The second kappa shape index (κ2) is 12.7. The molecule has 0 aliphatic carbocycles. The topological polar surface area (TPSA) is 82.1 Å². The van der Waals surface area contributed by atoms with Crippen molar-refractivity contribution in [2.24, 2.45) is 0 Å². The van der Waals surface area contributed by atoms with Crippen LogP contribution in [-0.2, 0) is 37.3 Å². The van der Waals surface area contributed by atoms with Gasteiger partial charge in [-0.05, 0) is 61.2 Å². The van der Waals surface area contributed by atoms with E-state index in [1.807, 2.05) is 32.9 Å². The summed E-state index contributed by atoms with van der Waals surface area (Å²) in [6.45, 7) is 18.4. The Kier molecular flexibility index (Phi) is 9.89. The highest BCUT2D eigenvalue weighted by molar-refractivity contribution is 7.89. The molecular formula is C33H47NO6SSi. The van der Waals surface area contributed by atoms with Crippen molar-refractivity contribution in [3.05, 3.63) is 70.3 Å². The molecule has 0 spiro atoms. The third kappa shape index (κ3) is 6.04. The summed E-state index contributed by atoms with van der Waals surface area (Å²) in [6.07, 6.45) is 1.41. The molecule has 42 heavy (non-hydrogen) atoms. The van der Waals surface area contributed by atoms with Crippen LogP contribution < -0.4 is 5.19 Å². The standard InChI is InChI=1S/C33H47NO6SSi/c1-9-42(10-2,11-3)30-20-27(26(23(4)5)16-17-33(7)39-18-19-40-33)28-21-34(22-29(28)31(30)32(35)38-8)41(36,37)25-14-12-24(6)13-15-25/h12-15,20,26H,4,9-11,16-19,21-22H2,1-3,5-8H3. The summed E-state index contributed by atoms with van der Waals surface area (Å²) in [5.74, 6) is -1.09. The highest BCUT2D eigenvalue weighted by atomic mass is 32.2. The van der Waals surface area contributed by atoms with Gasteiger partial charge in [-0.1, -0.05) is 74.8 Å². The van der Waals surface area contributed by atoms with Crippen LogP contribution in [-0.4, -0.2) is 52.9 Å². The number of fused-ring (bicyclic) bond motifs is 1. The molecule has 2 heterocycles. The number of sulfonamides is 1. The number of hydrogen-bond donors (Lipinski definition) is 0. The zero-order chi connectivity index (χ0) is 30.9. The van der Waals surface area contributed by atoms with Gasteiger partial charge in [-0.2, -0.15) is 4.31 Å². The first-order valence-electron chi connectivity index (χ1n) is 15.1. The number of allylic oxidation sites excluding steroid dienone is 1. The first-order valence-corrected chi connectivity index (χ1v) is 19.2. The zero-order valence-electron chi connectivity index (χ0n) is 26.3. The fraction of sp³-hybridized carbons (Fsp3) is 0.545. The van der Waals surface area contributed by atoms with E-state index in [9.17, 15) is 13.2 Å². The maximum atomic E-state index is 13.9. The fourth-order valence-electron chi connectivity index (χ4n) is 6.76. The van der Waals surface area contributed by atoms with Crippen LogP contribution in [0.25, 0.3) is 0 Å². The molecule has 0 amide bonds. The second-order valence-electron chi connectivity index (χ2n) is 12.0. The number of carbonyl (C=O) groups is 1. The maximum Gasteiger partial charge on any atom is 0.338 e. The van der Waals surface area contributed by atoms with Crippen molar-refractivity contribution in [2.45, 2.75) is 102 Å². The molecule has 7 nitrogen and oxygen atoms in total. The van der Waals surface area contributed by atoms with E-state index in [2.05, 4.69) is 33.4 Å². The molecular weight excluding hydrogens is 567 g/mol. The van der Waals surface area contributed by atoms with Crippen molar-refractivity contribution >= 4 is 29.3 Å². The van der Waals surface area contributed by atoms with E-state index >= 15 is 0 Å². The molecule has 0 bridgehead atoms. The van der Waals surface area contributed by atoms with Crippen LogP contribution in [0, 0.1) is 6.92 Å². The van der Waals surface area contributed by atoms with Crippen molar-refractivity contribution in [1.29, 1.82) is 0 Å². The number of hydrogen-bond acceptors (Lipinski definition) is 6. The molecule has 1 fully saturated rings. The van der Waals surface area contributed by atoms with E-state index in [1.165, 1.54) is 11.4 Å². The predicted molar refractivity (Wildman–Crippen MR) is 169 cm³/mol. The molecule has 1 saturated heterocycles. The average molecular weight is 614 g/mol. The number of methoxy groups -OCH3 is 1. The minimum Gasteiger partial charge on any atom is -0.465 e. The summed E-state index contributed by atoms with van der Waals surface area (Å²) >= 11 is 0. The predicted octanol–water partition coefficient (Wildman–Crippen LogP) is 6.40. The molecule has 9 heteroatoms. The molecule has 1 unspecified atom stereocenters. The van der Waals surface area contributed by atoms with E-state index in [4.69, 9.17) is 14.2 Å². The Morgan fingerprint density at radius 2 is 1.64 bits per heavy atom. The Labute approximate surface area is 253 Å². The fourth-order valence-corrected chi connectivity index (χ4v) is 12.0. The lowest BCUT2D eigenvalue weighted by molar-refractivity contribution is -0.147. The van der Waals surface area contributed by atoms with Gasteiger partial charge in [0, 0.05) is 25.4 Å². The second-order valence-corrected chi connectivity index (χ2v) is 19.2. The van der Waals surface area contributed by atoms with Crippen LogP contribution in [0.4, 0.5) is 0 Å².